The largest absolute Gasteiger partial charge is 0.462 e. The normalized spacial score (nSPS) is 11.8. The second-order valence-electron chi connectivity index (χ2n) is 10.8. The van der Waals surface area contributed by atoms with E-state index in [2.05, 4.69) is 56.0 Å². The van der Waals surface area contributed by atoms with Crippen LogP contribution >= 0.6 is 0 Å². The molecule has 0 saturated heterocycles. The third kappa shape index (κ3) is 5.08. The average Bonchev–Trinajstić information content (AvgIpc) is 3.39. The summed E-state index contributed by atoms with van der Waals surface area (Å²) >= 11 is 0. The lowest BCUT2D eigenvalue weighted by Crippen LogP contribution is -2.25. The molecule has 0 N–H and O–H groups in total. The van der Waals surface area contributed by atoms with Crippen molar-refractivity contribution in [2.24, 2.45) is 0 Å². The predicted molar refractivity (Wildman–Crippen MR) is 169 cm³/mol. The van der Waals surface area contributed by atoms with Gasteiger partial charge in [-0.15, -0.1) is 0 Å². The number of esters is 1. The van der Waals surface area contributed by atoms with E-state index in [9.17, 15) is 4.79 Å². The molecule has 0 aliphatic rings. The highest BCUT2D eigenvalue weighted by molar-refractivity contribution is 6.29. The van der Waals surface area contributed by atoms with E-state index in [0.717, 1.165) is 88.0 Å². The minimum Gasteiger partial charge on any atom is -0.462 e. The zero-order valence-electron chi connectivity index (χ0n) is 24.2. The summed E-state index contributed by atoms with van der Waals surface area (Å²) in [6, 6.07) is 20.2. The van der Waals surface area contributed by atoms with Crippen LogP contribution < -0.4 is 4.90 Å². The molecular formula is C35H37N3O3. The van der Waals surface area contributed by atoms with Gasteiger partial charge in [0.25, 0.3) is 0 Å². The van der Waals surface area contributed by atoms with E-state index < -0.39 is 0 Å². The van der Waals surface area contributed by atoms with Gasteiger partial charge in [0.1, 0.15) is 16.7 Å². The summed E-state index contributed by atoms with van der Waals surface area (Å²) in [5.41, 5.74) is 6.40. The van der Waals surface area contributed by atoms with Gasteiger partial charge in [0.15, 0.2) is 0 Å². The smallest absolute Gasteiger partial charge is 0.338 e. The minimum absolute atomic E-state index is 0.328. The van der Waals surface area contributed by atoms with E-state index in [0.29, 0.717) is 17.7 Å². The van der Waals surface area contributed by atoms with E-state index >= 15 is 0 Å². The molecule has 0 fully saturated rings. The quantitative estimate of drug-likeness (QED) is 0.0697. The molecule has 0 atom stereocenters. The number of fused-ring (bicyclic) bond motifs is 9. The monoisotopic (exact) mass is 547 g/mol. The van der Waals surface area contributed by atoms with Crippen LogP contribution in [0.4, 0.5) is 5.69 Å². The van der Waals surface area contributed by atoms with Gasteiger partial charge in [0.2, 0.25) is 0 Å². The van der Waals surface area contributed by atoms with Crippen molar-refractivity contribution in [3.05, 3.63) is 66.2 Å². The van der Waals surface area contributed by atoms with Gasteiger partial charge >= 0.3 is 5.97 Å². The number of furan rings is 1. The first-order valence-corrected chi connectivity index (χ1v) is 15.0. The van der Waals surface area contributed by atoms with Gasteiger partial charge in [-0.25, -0.2) is 14.8 Å². The first-order chi connectivity index (χ1) is 20.1. The number of anilines is 1. The van der Waals surface area contributed by atoms with Gasteiger partial charge in [-0.1, -0.05) is 64.3 Å². The lowest BCUT2D eigenvalue weighted by molar-refractivity contribution is 0.0500. The molecule has 6 heteroatoms. The van der Waals surface area contributed by atoms with E-state index in [-0.39, 0.29) is 5.97 Å². The maximum Gasteiger partial charge on any atom is 0.338 e. The predicted octanol–water partition coefficient (Wildman–Crippen LogP) is 9.20. The van der Waals surface area contributed by atoms with Crippen molar-refractivity contribution in [2.75, 3.05) is 24.6 Å². The fraction of sp³-hybridized carbons (Fsp3) is 0.343. The number of rotatable bonds is 11. The highest BCUT2D eigenvalue weighted by Gasteiger charge is 2.20. The summed E-state index contributed by atoms with van der Waals surface area (Å²) in [4.78, 5) is 25.3. The van der Waals surface area contributed by atoms with Crippen LogP contribution in [0.1, 0.15) is 69.7 Å². The summed E-state index contributed by atoms with van der Waals surface area (Å²) in [6.07, 6.45) is 6.49. The molecule has 41 heavy (non-hydrogen) atoms. The zero-order chi connectivity index (χ0) is 28.3. The fourth-order valence-electron chi connectivity index (χ4n) is 5.60. The Morgan fingerprint density at radius 2 is 1.51 bits per heavy atom. The first kappa shape index (κ1) is 27.0. The second-order valence-corrected chi connectivity index (χ2v) is 10.8. The molecule has 0 radical (unpaired) electrons. The lowest BCUT2D eigenvalue weighted by Gasteiger charge is -2.24. The maximum atomic E-state index is 12.6. The molecule has 0 unspecified atom stereocenters. The third-order valence-electron chi connectivity index (χ3n) is 7.90. The van der Waals surface area contributed by atoms with Crippen LogP contribution in [-0.2, 0) is 4.74 Å². The topological polar surface area (TPSA) is 68.5 Å². The fourth-order valence-corrected chi connectivity index (χ4v) is 5.60. The number of nitrogens with zero attached hydrogens (tertiary/aromatic N) is 3. The Hall–Kier alpha value is -4.19. The van der Waals surface area contributed by atoms with Gasteiger partial charge in [-0.2, -0.15) is 0 Å². The number of aromatic nitrogens is 2. The Balaban J connectivity index is 1.53. The standard InChI is InChI=1S/C35H37N3O3/c1-4-7-18-38(19-8-5-2)24-15-16-27-30(22-24)41-34-26-13-11-10-12-25(26)32-33(31(27)34)36-28-17-14-23(21-29(28)37-32)35(39)40-20-9-6-3/h10-17,21-22H,4-9,18-20H2,1-3H3. The van der Waals surface area contributed by atoms with E-state index in [1.54, 1.807) is 12.1 Å². The summed E-state index contributed by atoms with van der Waals surface area (Å²) in [5, 5.41) is 4.00. The molecule has 0 saturated carbocycles. The van der Waals surface area contributed by atoms with Crippen molar-refractivity contribution in [3.8, 4) is 0 Å². The molecule has 6 aromatic rings. The first-order valence-electron chi connectivity index (χ1n) is 15.0. The summed E-state index contributed by atoms with van der Waals surface area (Å²) in [6.45, 7) is 9.05. The van der Waals surface area contributed by atoms with Crippen molar-refractivity contribution < 1.29 is 13.9 Å². The highest BCUT2D eigenvalue weighted by atomic mass is 16.5. The Morgan fingerprint density at radius 1 is 0.780 bits per heavy atom. The minimum atomic E-state index is -0.328. The molecule has 210 valence electrons. The summed E-state index contributed by atoms with van der Waals surface area (Å²) in [7, 11) is 0. The molecule has 6 nitrogen and oxygen atoms in total. The number of carbonyl (C=O) groups excluding carboxylic acids is 1. The van der Waals surface area contributed by atoms with Gasteiger partial charge < -0.3 is 14.1 Å². The van der Waals surface area contributed by atoms with Crippen LogP contribution in [0, 0.1) is 0 Å². The van der Waals surface area contributed by atoms with Crippen molar-refractivity contribution >= 4 is 66.4 Å². The molecule has 0 aliphatic carbocycles. The highest BCUT2D eigenvalue weighted by Crippen LogP contribution is 2.41. The van der Waals surface area contributed by atoms with Crippen LogP contribution in [0.15, 0.2) is 65.1 Å². The molecule has 4 aromatic carbocycles. The summed E-state index contributed by atoms with van der Waals surface area (Å²) in [5.74, 6) is -0.328. The zero-order valence-corrected chi connectivity index (χ0v) is 24.2. The average molecular weight is 548 g/mol. The van der Waals surface area contributed by atoms with Gasteiger partial charge in [0.05, 0.1) is 34.1 Å². The summed E-state index contributed by atoms with van der Waals surface area (Å²) < 4.78 is 12.1. The van der Waals surface area contributed by atoms with Crippen LogP contribution in [0.25, 0.3) is 54.8 Å². The van der Waals surface area contributed by atoms with Crippen LogP contribution in [0.5, 0.6) is 0 Å². The number of hydrogen-bond donors (Lipinski definition) is 0. The van der Waals surface area contributed by atoms with Gasteiger partial charge in [-0.3, -0.25) is 0 Å². The Labute approximate surface area is 240 Å². The van der Waals surface area contributed by atoms with Crippen molar-refractivity contribution in [2.45, 2.75) is 59.3 Å². The molecule has 0 aliphatic heterocycles. The third-order valence-corrected chi connectivity index (χ3v) is 7.90. The Morgan fingerprint density at radius 3 is 2.27 bits per heavy atom. The van der Waals surface area contributed by atoms with Gasteiger partial charge in [-0.05, 0) is 49.6 Å². The van der Waals surface area contributed by atoms with E-state index in [1.807, 2.05) is 18.2 Å². The molecule has 2 aromatic heterocycles. The van der Waals surface area contributed by atoms with E-state index in [1.165, 1.54) is 18.5 Å². The van der Waals surface area contributed by atoms with Crippen LogP contribution in [0.3, 0.4) is 0 Å². The van der Waals surface area contributed by atoms with Crippen molar-refractivity contribution in [1.29, 1.82) is 0 Å². The second kappa shape index (κ2) is 11.7. The van der Waals surface area contributed by atoms with E-state index in [4.69, 9.17) is 19.1 Å². The molecule has 0 bridgehead atoms. The van der Waals surface area contributed by atoms with Crippen molar-refractivity contribution in [3.63, 3.8) is 0 Å². The number of hydrogen-bond acceptors (Lipinski definition) is 6. The lowest BCUT2D eigenvalue weighted by atomic mass is 10.0. The van der Waals surface area contributed by atoms with Gasteiger partial charge in [0, 0.05) is 41.0 Å². The maximum absolute atomic E-state index is 12.6. The molecule has 6 rings (SSSR count). The number of ether oxygens (including phenoxy) is 1. The molecule has 0 amide bonds. The van der Waals surface area contributed by atoms with Crippen LogP contribution in [0.2, 0.25) is 0 Å². The number of unbranched alkanes of at least 4 members (excludes halogenated alkanes) is 3. The number of carbonyl (C=O) groups is 1. The Kier molecular flexibility index (Phi) is 7.73. The van der Waals surface area contributed by atoms with Crippen LogP contribution in [-0.4, -0.2) is 35.6 Å². The Bertz CT molecular complexity index is 1870. The molecule has 0 spiro atoms. The van der Waals surface area contributed by atoms with Crippen molar-refractivity contribution in [1.82, 2.24) is 9.97 Å². The molecular weight excluding hydrogens is 510 g/mol. The number of benzene rings is 4. The molecule has 2 heterocycles. The SMILES string of the molecule is CCCCOC(=O)c1ccc2nc3c(nc2c1)c1ccccc1c1oc2cc(N(CCCC)CCCC)ccc2c31.